The Morgan fingerprint density at radius 2 is 1.88 bits per heavy atom. The molecule has 1 amide bonds. The van der Waals surface area contributed by atoms with Crippen molar-refractivity contribution in [3.05, 3.63) is 29.8 Å². The second kappa shape index (κ2) is 7.75. The molecule has 0 bridgehead atoms. The Hall–Kier alpha value is -1.59. The Kier molecular flexibility index (Phi) is 5.22. The maximum absolute atomic E-state index is 12.9. The van der Waals surface area contributed by atoms with Crippen LogP contribution in [0.3, 0.4) is 0 Å². The molecule has 2 heterocycles. The maximum atomic E-state index is 12.9. The third-order valence-corrected chi connectivity index (χ3v) is 5.70. The van der Waals surface area contributed by atoms with Gasteiger partial charge in [0.1, 0.15) is 5.75 Å². The van der Waals surface area contributed by atoms with Crippen LogP contribution < -0.4 is 4.74 Å². The molecule has 1 atom stereocenters. The molecule has 4 rings (SSSR count). The second-order valence-corrected chi connectivity index (χ2v) is 7.39. The van der Waals surface area contributed by atoms with Crippen LogP contribution in [0.15, 0.2) is 24.3 Å². The number of amides is 1. The first-order chi connectivity index (χ1) is 12.3. The van der Waals surface area contributed by atoms with Crippen LogP contribution in [-0.2, 0) is 4.74 Å². The molecule has 0 aromatic heterocycles. The van der Waals surface area contributed by atoms with E-state index in [1.165, 1.54) is 12.8 Å². The van der Waals surface area contributed by atoms with Gasteiger partial charge in [-0.05, 0) is 50.3 Å². The number of hydrogen-bond donors (Lipinski definition) is 0. The molecule has 25 heavy (non-hydrogen) atoms. The van der Waals surface area contributed by atoms with Crippen molar-refractivity contribution < 1.29 is 14.3 Å². The topological polar surface area (TPSA) is 42.0 Å². The number of ether oxygens (including phenoxy) is 2. The average molecular weight is 344 g/mol. The molecule has 3 aliphatic rings. The Morgan fingerprint density at radius 3 is 2.68 bits per heavy atom. The van der Waals surface area contributed by atoms with Crippen LogP contribution in [0.5, 0.6) is 5.75 Å². The van der Waals surface area contributed by atoms with Crippen molar-refractivity contribution in [3.8, 4) is 5.75 Å². The molecular formula is C20H28N2O3. The highest BCUT2D eigenvalue weighted by Gasteiger charge is 2.31. The van der Waals surface area contributed by atoms with Crippen molar-refractivity contribution in [2.45, 2.75) is 44.2 Å². The van der Waals surface area contributed by atoms with Crippen molar-refractivity contribution in [1.29, 1.82) is 0 Å². The molecule has 0 spiro atoms. The summed E-state index contributed by atoms with van der Waals surface area (Å²) >= 11 is 0. The van der Waals surface area contributed by atoms with Crippen LogP contribution in [0.1, 0.15) is 42.5 Å². The Balaban J connectivity index is 1.37. The van der Waals surface area contributed by atoms with Crippen LogP contribution in [-0.4, -0.2) is 67.2 Å². The lowest BCUT2D eigenvalue weighted by Gasteiger charge is -2.32. The Labute approximate surface area is 149 Å². The van der Waals surface area contributed by atoms with Crippen LogP contribution in [0, 0.1) is 0 Å². The summed E-state index contributed by atoms with van der Waals surface area (Å²) < 4.78 is 11.5. The van der Waals surface area contributed by atoms with E-state index in [0.717, 1.165) is 70.0 Å². The fourth-order valence-corrected chi connectivity index (χ4v) is 4.25. The number of benzene rings is 1. The zero-order chi connectivity index (χ0) is 17.1. The van der Waals surface area contributed by atoms with E-state index in [9.17, 15) is 4.79 Å². The molecule has 3 fully saturated rings. The summed E-state index contributed by atoms with van der Waals surface area (Å²) in [6, 6.07) is 8.21. The molecule has 1 aromatic rings. The summed E-state index contributed by atoms with van der Waals surface area (Å²) in [6.45, 7) is 5.26. The van der Waals surface area contributed by atoms with E-state index in [1.807, 2.05) is 29.2 Å². The van der Waals surface area contributed by atoms with Gasteiger partial charge >= 0.3 is 0 Å². The second-order valence-electron chi connectivity index (χ2n) is 7.39. The lowest BCUT2D eigenvalue weighted by molar-refractivity contribution is 0.0185. The molecule has 0 radical (unpaired) electrons. The highest BCUT2D eigenvalue weighted by molar-refractivity contribution is 5.94. The highest BCUT2D eigenvalue weighted by Crippen LogP contribution is 2.26. The van der Waals surface area contributed by atoms with E-state index in [1.54, 1.807) is 0 Å². The largest absolute Gasteiger partial charge is 0.490 e. The van der Waals surface area contributed by atoms with Gasteiger partial charge in [0.2, 0.25) is 0 Å². The fourth-order valence-electron chi connectivity index (χ4n) is 4.25. The van der Waals surface area contributed by atoms with E-state index in [-0.39, 0.29) is 5.91 Å². The lowest BCUT2D eigenvalue weighted by Crippen LogP contribution is -2.45. The zero-order valence-electron chi connectivity index (χ0n) is 14.9. The van der Waals surface area contributed by atoms with Gasteiger partial charge in [-0.3, -0.25) is 9.69 Å². The number of hydrogen-bond acceptors (Lipinski definition) is 4. The van der Waals surface area contributed by atoms with E-state index in [4.69, 9.17) is 9.47 Å². The molecule has 2 saturated heterocycles. The fraction of sp³-hybridized carbons (Fsp3) is 0.650. The van der Waals surface area contributed by atoms with Gasteiger partial charge in [-0.2, -0.15) is 0 Å². The standard InChI is InChI=1S/C20H28N2O3/c23-20(22-9-8-17(15-22)21-10-12-24-13-11-21)16-4-3-7-19(14-16)25-18-5-1-2-6-18/h3-4,7,14,17-18H,1-2,5-6,8-13,15H2. The number of morpholine rings is 1. The van der Waals surface area contributed by atoms with Gasteiger partial charge in [0, 0.05) is 37.8 Å². The first kappa shape index (κ1) is 16.9. The SMILES string of the molecule is O=C(c1cccc(OC2CCCC2)c1)N1CCC(N2CCOCC2)C1. The lowest BCUT2D eigenvalue weighted by atomic mass is 10.2. The smallest absolute Gasteiger partial charge is 0.254 e. The van der Waals surface area contributed by atoms with E-state index in [2.05, 4.69) is 4.90 Å². The third-order valence-electron chi connectivity index (χ3n) is 5.70. The minimum absolute atomic E-state index is 0.132. The molecule has 1 aliphatic carbocycles. The quantitative estimate of drug-likeness (QED) is 0.842. The van der Waals surface area contributed by atoms with Gasteiger partial charge in [0.05, 0.1) is 19.3 Å². The summed E-state index contributed by atoms with van der Waals surface area (Å²) in [4.78, 5) is 17.4. The monoisotopic (exact) mass is 344 g/mol. The van der Waals surface area contributed by atoms with E-state index >= 15 is 0 Å². The number of rotatable bonds is 4. The molecule has 5 nitrogen and oxygen atoms in total. The Morgan fingerprint density at radius 1 is 1.08 bits per heavy atom. The number of carbonyl (C=O) groups excluding carboxylic acids is 1. The van der Waals surface area contributed by atoms with Crippen molar-refractivity contribution in [2.75, 3.05) is 39.4 Å². The minimum atomic E-state index is 0.132. The molecule has 1 unspecified atom stereocenters. The normalized spacial score (nSPS) is 25.4. The molecule has 0 N–H and O–H groups in total. The van der Waals surface area contributed by atoms with E-state index in [0.29, 0.717) is 12.1 Å². The summed E-state index contributed by atoms with van der Waals surface area (Å²) in [5.41, 5.74) is 0.748. The van der Waals surface area contributed by atoms with Gasteiger partial charge in [-0.1, -0.05) is 6.07 Å². The maximum Gasteiger partial charge on any atom is 0.254 e. The average Bonchev–Trinajstić information content (AvgIpc) is 3.34. The summed E-state index contributed by atoms with van der Waals surface area (Å²) in [6.07, 6.45) is 6.14. The van der Waals surface area contributed by atoms with Crippen molar-refractivity contribution in [2.24, 2.45) is 0 Å². The van der Waals surface area contributed by atoms with E-state index < -0.39 is 0 Å². The van der Waals surface area contributed by atoms with Crippen molar-refractivity contribution in [3.63, 3.8) is 0 Å². The minimum Gasteiger partial charge on any atom is -0.490 e. The van der Waals surface area contributed by atoms with Crippen LogP contribution >= 0.6 is 0 Å². The summed E-state index contributed by atoms with van der Waals surface area (Å²) in [5.74, 6) is 0.967. The summed E-state index contributed by atoms with van der Waals surface area (Å²) in [5, 5.41) is 0. The first-order valence-corrected chi connectivity index (χ1v) is 9.67. The number of likely N-dealkylation sites (tertiary alicyclic amines) is 1. The number of nitrogens with zero attached hydrogens (tertiary/aromatic N) is 2. The molecular weight excluding hydrogens is 316 g/mol. The third kappa shape index (κ3) is 3.98. The highest BCUT2D eigenvalue weighted by atomic mass is 16.5. The van der Waals surface area contributed by atoms with Gasteiger partial charge < -0.3 is 14.4 Å². The van der Waals surface area contributed by atoms with Crippen molar-refractivity contribution >= 4 is 5.91 Å². The molecule has 136 valence electrons. The van der Waals surface area contributed by atoms with Crippen LogP contribution in [0.25, 0.3) is 0 Å². The molecule has 5 heteroatoms. The molecule has 1 aromatic carbocycles. The van der Waals surface area contributed by atoms with Gasteiger partial charge in [-0.15, -0.1) is 0 Å². The Bertz CT molecular complexity index is 594. The van der Waals surface area contributed by atoms with Gasteiger partial charge in [0.25, 0.3) is 5.91 Å². The van der Waals surface area contributed by atoms with Crippen molar-refractivity contribution in [1.82, 2.24) is 9.80 Å². The zero-order valence-corrected chi connectivity index (χ0v) is 14.9. The predicted octanol–water partition coefficient (Wildman–Crippen LogP) is 2.55. The number of carbonyl (C=O) groups is 1. The van der Waals surface area contributed by atoms with Crippen LogP contribution in [0.2, 0.25) is 0 Å². The predicted molar refractivity (Wildman–Crippen MR) is 96.0 cm³/mol. The summed E-state index contributed by atoms with van der Waals surface area (Å²) in [7, 11) is 0. The molecule has 2 aliphatic heterocycles. The van der Waals surface area contributed by atoms with Gasteiger partial charge in [0.15, 0.2) is 0 Å². The van der Waals surface area contributed by atoms with Crippen LogP contribution in [0.4, 0.5) is 0 Å². The van der Waals surface area contributed by atoms with Gasteiger partial charge in [-0.25, -0.2) is 0 Å². The first-order valence-electron chi connectivity index (χ1n) is 9.67. The molecule has 1 saturated carbocycles.